The fourth-order valence-electron chi connectivity index (χ4n) is 4.56. The number of benzene rings is 3. The van der Waals surface area contributed by atoms with E-state index in [2.05, 4.69) is 59.5 Å². The number of nitrogens with zero attached hydrogens (tertiary/aromatic N) is 1. The molecule has 3 aromatic rings. The van der Waals surface area contributed by atoms with Gasteiger partial charge in [-0.2, -0.15) is 0 Å². The molecule has 0 N–H and O–H groups in total. The molecule has 4 rings (SSSR count). The maximum absolute atomic E-state index is 5.82. The van der Waals surface area contributed by atoms with Gasteiger partial charge in [-0.05, 0) is 52.6 Å². The average Bonchev–Trinajstić information content (AvgIpc) is 2.89. The Morgan fingerprint density at radius 3 is 1.44 bits per heavy atom. The quantitative estimate of drug-likeness (QED) is 0.395. The summed E-state index contributed by atoms with van der Waals surface area (Å²) in [5.74, 6) is 0. The molecule has 0 atom stereocenters. The third kappa shape index (κ3) is 9.67. The normalized spacial score (nSPS) is 18.3. The first kappa shape index (κ1) is 29.5. The molecule has 0 radical (unpaired) electrons. The van der Waals surface area contributed by atoms with Crippen molar-refractivity contribution in [3.8, 4) is 0 Å². The summed E-state index contributed by atoms with van der Waals surface area (Å²) in [5, 5.41) is 5.36. The SMILES string of the molecule is [Na+].c1ccc2c(CCCN3CCOCCOCCOCCOCCOCC3)c3ccccc3cc2c1. The number of fused-ring (bicyclic) bond motifs is 2. The predicted octanol–water partition coefficient (Wildman–Crippen LogP) is 1.33. The number of ether oxygens (including phenoxy) is 5. The maximum atomic E-state index is 5.82. The summed E-state index contributed by atoms with van der Waals surface area (Å²) >= 11 is 0. The van der Waals surface area contributed by atoms with Gasteiger partial charge in [-0.1, -0.05) is 48.5 Å². The number of hydrogen-bond donors (Lipinski definition) is 0. The van der Waals surface area contributed by atoms with E-state index < -0.39 is 0 Å². The van der Waals surface area contributed by atoms with Gasteiger partial charge in [0.05, 0.1) is 66.1 Å². The number of aryl methyl sites for hydroxylation is 1. The molecule has 1 aliphatic rings. The van der Waals surface area contributed by atoms with Crippen molar-refractivity contribution in [1.29, 1.82) is 0 Å². The fourth-order valence-corrected chi connectivity index (χ4v) is 4.56. The van der Waals surface area contributed by atoms with Crippen LogP contribution in [0, 0.1) is 0 Å². The van der Waals surface area contributed by atoms with Crippen molar-refractivity contribution < 1.29 is 53.2 Å². The van der Waals surface area contributed by atoms with Crippen molar-refractivity contribution in [3.05, 3.63) is 60.2 Å². The largest absolute Gasteiger partial charge is 1.00 e. The standard InChI is InChI=1S/C29H39NO5.Na/c1-3-8-27-25(6-1)24-26-7-2-4-9-28(26)29(27)10-5-11-30-12-14-31-16-18-33-20-22-35-23-21-34-19-17-32-15-13-30;/h1-4,6-9,24H,5,10-23H2;/q;+1. The van der Waals surface area contributed by atoms with Crippen LogP contribution in [0.15, 0.2) is 54.6 Å². The molecule has 0 saturated carbocycles. The van der Waals surface area contributed by atoms with E-state index in [0.717, 1.165) is 32.5 Å². The molecule has 190 valence electrons. The van der Waals surface area contributed by atoms with Crippen LogP contribution < -0.4 is 29.6 Å². The Bertz CT molecular complexity index is 945. The zero-order valence-corrected chi connectivity index (χ0v) is 23.8. The van der Waals surface area contributed by atoms with Crippen molar-refractivity contribution >= 4 is 21.5 Å². The van der Waals surface area contributed by atoms with Gasteiger partial charge >= 0.3 is 29.6 Å². The molecule has 3 aromatic carbocycles. The van der Waals surface area contributed by atoms with Gasteiger partial charge in [-0.15, -0.1) is 0 Å². The van der Waals surface area contributed by atoms with Crippen molar-refractivity contribution in [3.63, 3.8) is 0 Å². The summed E-state index contributed by atoms with van der Waals surface area (Å²) in [6.07, 6.45) is 2.13. The molecule has 36 heavy (non-hydrogen) atoms. The van der Waals surface area contributed by atoms with Crippen molar-refractivity contribution in [2.45, 2.75) is 12.8 Å². The predicted molar refractivity (Wildman–Crippen MR) is 140 cm³/mol. The number of rotatable bonds is 4. The van der Waals surface area contributed by atoms with Gasteiger partial charge in [0, 0.05) is 13.1 Å². The van der Waals surface area contributed by atoms with E-state index in [1.165, 1.54) is 27.1 Å². The first-order valence-corrected chi connectivity index (χ1v) is 12.9. The zero-order chi connectivity index (χ0) is 24.0. The van der Waals surface area contributed by atoms with Gasteiger partial charge in [0.15, 0.2) is 0 Å². The monoisotopic (exact) mass is 504 g/mol. The van der Waals surface area contributed by atoms with Crippen LogP contribution in [0.3, 0.4) is 0 Å². The van der Waals surface area contributed by atoms with E-state index in [9.17, 15) is 0 Å². The molecular formula is C29H39NNaO5+. The first-order chi connectivity index (χ1) is 17.4. The smallest absolute Gasteiger partial charge is 0.378 e. The Kier molecular flexibility index (Phi) is 14.3. The maximum Gasteiger partial charge on any atom is 1.00 e. The second kappa shape index (κ2) is 17.4. The summed E-state index contributed by atoms with van der Waals surface area (Å²) in [5.41, 5.74) is 1.45. The van der Waals surface area contributed by atoms with Gasteiger partial charge in [-0.25, -0.2) is 0 Å². The minimum Gasteiger partial charge on any atom is -0.378 e. The van der Waals surface area contributed by atoms with E-state index in [1.807, 2.05) is 0 Å². The van der Waals surface area contributed by atoms with E-state index >= 15 is 0 Å². The van der Waals surface area contributed by atoms with Crippen LogP contribution in [-0.2, 0) is 30.1 Å². The Hall–Kier alpha value is -1.06. The zero-order valence-electron chi connectivity index (χ0n) is 21.8. The summed E-state index contributed by atoms with van der Waals surface area (Å²) in [6.45, 7) is 8.91. The van der Waals surface area contributed by atoms with Crippen LogP contribution in [0.25, 0.3) is 21.5 Å². The van der Waals surface area contributed by atoms with Gasteiger partial charge in [0.2, 0.25) is 0 Å². The molecule has 6 nitrogen and oxygen atoms in total. The van der Waals surface area contributed by atoms with Gasteiger partial charge in [-0.3, -0.25) is 4.90 Å². The summed E-state index contributed by atoms with van der Waals surface area (Å²) in [7, 11) is 0. The fraction of sp³-hybridized carbons (Fsp3) is 0.517. The van der Waals surface area contributed by atoms with Crippen LogP contribution in [0.5, 0.6) is 0 Å². The Balaban J connectivity index is 0.00000361. The summed E-state index contributed by atoms with van der Waals surface area (Å²) in [4.78, 5) is 2.45. The Labute approximate surface area is 237 Å². The molecule has 1 saturated heterocycles. The van der Waals surface area contributed by atoms with E-state index in [0.29, 0.717) is 66.1 Å². The molecule has 0 spiro atoms. The van der Waals surface area contributed by atoms with Crippen LogP contribution >= 0.6 is 0 Å². The Morgan fingerprint density at radius 2 is 0.972 bits per heavy atom. The summed E-state index contributed by atoms with van der Waals surface area (Å²) in [6, 6.07) is 19.8. The number of hydrogen-bond acceptors (Lipinski definition) is 6. The van der Waals surface area contributed by atoms with Crippen LogP contribution in [0.2, 0.25) is 0 Å². The first-order valence-electron chi connectivity index (χ1n) is 12.9. The second-order valence-electron chi connectivity index (χ2n) is 8.80. The molecule has 7 heteroatoms. The van der Waals surface area contributed by atoms with E-state index in [1.54, 1.807) is 0 Å². The van der Waals surface area contributed by atoms with Gasteiger partial charge in [0.25, 0.3) is 0 Å². The van der Waals surface area contributed by atoms with Crippen LogP contribution in [0.1, 0.15) is 12.0 Å². The average molecular weight is 505 g/mol. The Morgan fingerprint density at radius 1 is 0.556 bits per heavy atom. The molecule has 0 amide bonds. The van der Waals surface area contributed by atoms with E-state index in [4.69, 9.17) is 23.7 Å². The molecule has 1 aliphatic heterocycles. The summed E-state index contributed by atoms with van der Waals surface area (Å²) < 4.78 is 28.2. The molecule has 0 bridgehead atoms. The van der Waals surface area contributed by atoms with Crippen molar-refractivity contribution in [2.75, 3.05) is 85.7 Å². The van der Waals surface area contributed by atoms with Gasteiger partial charge in [0.1, 0.15) is 0 Å². The third-order valence-corrected chi connectivity index (χ3v) is 6.38. The molecule has 0 aromatic heterocycles. The minimum atomic E-state index is 0. The molecular weight excluding hydrogens is 465 g/mol. The molecule has 1 fully saturated rings. The topological polar surface area (TPSA) is 49.4 Å². The van der Waals surface area contributed by atoms with Crippen molar-refractivity contribution in [1.82, 2.24) is 4.90 Å². The van der Waals surface area contributed by atoms with E-state index in [-0.39, 0.29) is 29.6 Å². The van der Waals surface area contributed by atoms with Gasteiger partial charge < -0.3 is 23.7 Å². The second-order valence-corrected chi connectivity index (χ2v) is 8.80. The van der Waals surface area contributed by atoms with Crippen molar-refractivity contribution in [2.24, 2.45) is 0 Å². The van der Waals surface area contributed by atoms with Crippen LogP contribution in [0.4, 0.5) is 0 Å². The van der Waals surface area contributed by atoms with Crippen LogP contribution in [-0.4, -0.2) is 90.6 Å². The third-order valence-electron chi connectivity index (χ3n) is 6.38. The minimum absolute atomic E-state index is 0. The molecule has 0 aliphatic carbocycles. The molecule has 0 unspecified atom stereocenters. The molecule has 1 heterocycles.